The summed E-state index contributed by atoms with van der Waals surface area (Å²) in [6, 6.07) is 12.6. The van der Waals surface area contributed by atoms with Crippen LogP contribution in [0, 0.1) is 5.82 Å². The number of benzene rings is 3. The predicted molar refractivity (Wildman–Crippen MR) is 114 cm³/mol. The van der Waals surface area contributed by atoms with Crippen LogP contribution in [0.2, 0.25) is 0 Å². The van der Waals surface area contributed by atoms with Gasteiger partial charge in [-0.15, -0.1) is 0 Å². The van der Waals surface area contributed by atoms with Crippen LogP contribution >= 0.6 is 0 Å². The molecule has 1 saturated carbocycles. The smallest absolute Gasteiger partial charge is 0.272 e. The van der Waals surface area contributed by atoms with E-state index in [9.17, 15) is 9.18 Å². The number of hydrogen-bond donors (Lipinski definition) is 3. The zero-order valence-corrected chi connectivity index (χ0v) is 15.4. The summed E-state index contributed by atoms with van der Waals surface area (Å²) >= 11 is 0. The maximum Gasteiger partial charge on any atom is 0.272 e. The van der Waals surface area contributed by atoms with E-state index in [1.54, 1.807) is 18.3 Å². The van der Waals surface area contributed by atoms with E-state index in [1.807, 2.05) is 18.2 Å². The third kappa shape index (κ3) is 2.32. The lowest BCUT2D eigenvalue weighted by atomic mass is 9.91. The summed E-state index contributed by atoms with van der Waals surface area (Å²) in [6.45, 7) is 0. The summed E-state index contributed by atoms with van der Waals surface area (Å²) in [5.41, 5.74) is 10.4. The van der Waals surface area contributed by atoms with Crippen molar-refractivity contribution in [1.82, 2.24) is 15.2 Å². The molecule has 0 aliphatic heterocycles. The van der Waals surface area contributed by atoms with Gasteiger partial charge in [0, 0.05) is 21.7 Å². The Morgan fingerprint density at radius 3 is 2.72 bits per heavy atom. The number of nitrogens with zero attached hydrogens (tertiary/aromatic N) is 1. The van der Waals surface area contributed by atoms with E-state index in [-0.39, 0.29) is 17.1 Å². The maximum absolute atomic E-state index is 14.0. The second-order valence-corrected chi connectivity index (χ2v) is 7.73. The molecule has 0 saturated heterocycles. The lowest BCUT2D eigenvalue weighted by molar-refractivity contribution is 0.629. The number of anilines is 1. The highest BCUT2D eigenvalue weighted by atomic mass is 19.1. The van der Waals surface area contributed by atoms with Gasteiger partial charge in [0.05, 0.1) is 17.2 Å². The minimum Gasteiger partial charge on any atom is -0.394 e. The van der Waals surface area contributed by atoms with Gasteiger partial charge in [-0.3, -0.25) is 9.89 Å². The van der Waals surface area contributed by atoms with Crippen molar-refractivity contribution in [2.75, 3.05) is 5.73 Å². The van der Waals surface area contributed by atoms with Crippen LogP contribution in [-0.4, -0.2) is 15.2 Å². The SMILES string of the molecule is Nc1c(-c2cccc3[nH]ncc23)c2cc(C3CC3)c3cc(F)ccc3c2[nH]c1=O. The summed E-state index contributed by atoms with van der Waals surface area (Å²) < 4.78 is 14.0. The highest BCUT2D eigenvalue weighted by molar-refractivity contribution is 6.15. The highest BCUT2D eigenvalue weighted by Gasteiger charge is 2.27. The van der Waals surface area contributed by atoms with Crippen molar-refractivity contribution in [1.29, 1.82) is 0 Å². The number of aromatic nitrogens is 3. The van der Waals surface area contributed by atoms with E-state index in [2.05, 4.69) is 21.2 Å². The Bertz CT molecular complexity index is 1510. The van der Waals surface area contributed by atoms with Gasteiger partial charge in [0.15, 0.2) is 0 Å². The van der Waals surface area contributed by atoms with Gasteiger partial charge < -0.3 is 10.7 Å². The van der Waals surface area contributed by atoms with Gasteiger partial charge in [-0.2, -0.15) is 5.10 Å². The third-order valence-corrected chi connectivity index (χ3v) is 5.92. The molecule has 29 heavy (non-hydrogen) atoms. The Balaban J connectivity index is 1.83. The molecule has 0 unspecified atom stereocenters. The second kappa shape index (κ2) is 5.67. The standard InChI is InChI=1S/C23H17FN4O/c24-12-6-7-14-16(8-12)15(11-4-5-11)9-17-20(21(25)23(29)27-22(14)17)13-2-1-3-19-18(13)10-26-28-19/h1-3,6-11H,4-5,25H2,(H,26,28)(H,27,29). The zero-order valence-electron chi connectivity index (χ0n) is 15.4. The molecule has 4 N–H and O–H groups in total. The van der Waals surface area contributed by atoms with Crippen LogP contribution in [0.1, 0.15) is 24.3 Å². The molecule has 6 heteroatoms. The number of hydrogen-bond acceptors (Lipinski definition) is 3. The van der Waals surface area contributed by atoms with E-state index in [0.29, 0.717) is 17.0 Å². The van der Waals surface area contributed by atoms with E-state index in [0.717, 1.165) is 51.0 Å². The Kier molecular flexibility index (Phi) is 3.19. The Morgan fingerprint density at radius 1 is 1.03 bits per heavy atom. The van der Waals surface area contributed by atoms with Gasteiger partial charge in [0.2, 0.25) is 0 Å². The average molecular weight is 384 g/mol. The van der Waals surface area contributed by atoms with E-state index in [1.165, 1.54) is 6.07 Å². The molecule has 0 radical (unpaired) electrons. The lowest BCUT2D eigenvalue weighted by Crippen LogP contribution is -2.14. The molecule has 6 rings (SSSR count). The molecule has 142 valence electrons. The predicted octanol–water partition coefficient (Wildman–Crippen LogP) is 4.82. The van der Waals surface area contributed by atoms with Gasteiger partial charge >= 0.3 is 0 Å². The molecular formula is C23H17FN4O. The van der Waals surface area contributed by atoms with Crippen LogP contribution in [0.15, 0.2) is 53.5 Å². The minimum absolute atomic E-state index is 0.175. The van der Waals surface area contributed by atoms with Gasteiger partial charge in [0.1, 0.15) is 11.5 Å². The maximum atomic E-state index is 14.0. The van der Waals surface area contributed by atoms with Crippen molar-refractivity contribution in [2.24, 2.45) is 0 Å². The first-order chi connectivity index (χ1) is 14.1. The van der Waals surface area contributed by atoms with Crippen molar-refractivity contribution < 1.29 is 4.39 Å². The quantitative estimate of drug-likeness (QED) is 0.381. The van der Waals surface area contributed by atoms with Gasteiger partial charge in [-0.25, -0.2) is 4.39 Å². The fourth-order valence-corrected chi connectivity index (χ4v) is 4.40. The van der Waals surface area contributed by atoms with Gasteiger partial charge in [0.25, 0.3) is 5.56 Å². The third-order valence-electron chi connectivity index (χ3n) is 5.92. The van der Waals surface area contributed by atoms with Crippen LogP contribution in [0.25, 0.3) is 43.7 Å². The van der Waals surface area contributed by atoms with Crippen LogP contribution in [0.5, 0.6) is 0 Å². The molecule has 1 aliphatic rings. The van der Waals surface area contributed by atoms with Crippen molar-refractivity contribution >= 4 is 38.3 Å². The van der Waals surface area contributed by atoms with Crippen molar-refractivity contribution in [2.45, 2.75) is 18.8 Å². The van der Waals surface area contributed by atoms with Crippen LogP contribution < -0.4 is 11.3 Å². The topological polar surface area (TPSA) is 87.6 Å². The largest absolute Gasteiger partial charge is 0.394 e. The summed E-state index contributed by atoms with van der Waals surface area (Å²) in [5, 5.41) is 10.6. The molecule has 5 nitrogen and oxygen atoms in total. The zero-order chi connectivity index (χ0) is 19.7. The molecule has 0 atom stereocenters. The van der Waals surface area contributed by atoms with E-state index < -0.39 is 0 Å². The molecular weight excluding hydrogens is 367 g/mol. The lowest BCUT2D eigenvalue weighted by Gasteiger charge is -2.15. The minimum atomic E-state index is -0.349. The Labute approximate surface area is 164 Å². The number of H-pyrrole nitrogens is 2. The molecule has 0 bridgehead atoms. The first-order valence-corrected chi connectivity index (χ1v) is 9.62. The number of aromatic amines is 2. The van der Waals surface area contributed by atoms with Crippen molar-refractivity contribution in [3.63, 3.8) is 0 Å². The second-order valence-electron chi connectivity index (χ2n) is 7.73. The number of pyridine rings is 1. The van der Waals surface area contributed by atoms with Crippen LogP contribution in [0.3, 0.4) is 0 Å². The van der Waals surface area contributed by atoms with Crippen molar-refractivity contribution in [3.05, 3.63) is 70.4 Å². The molecule has 1 fully saturated rings. The molecule has 0 spiro atoms. The Hall–Kier alpha value is -3.67. The summed E-state index contributed by atoms with van der Waals surface area (Å²) in [7, 11) is 0. The summed E-state index contributed by atoms with van der Waals surface area (Å²) in [5.74, 6) is 0.134. The normalized spacial score (nSPS) is 14.2. The number of rotatable bonds is 2. The first kappa shape index (κ1) is 16.3. The van der Waals surface area contributed by atoms with E-state index in [4.69, 9.17) is 5.73 Å². The molecule has 1 aliphatic carbocycles. The first-order valence-electron chi connectivity index (χ1n) is 9.62. The number of nitrogens with one attached hydrogen (secondary N) is 2. The average Bonchev–Trinajstić information content (AvgIpc) is 3.44. The van der Waals surface area contributed by atoms with Gasteiger partial charge in [-0.05, 0) is 65.6 Å². The number of nitrogen functional groups attached to an aromatic ring is 1. The number of halogens is 1. The fraction of sp³-hybridized carbons (Fsp3) is 0.130. The monoisotopic (exact) mass is 384 g/mol. The fourth-order valence-electron chi connectivity index (χ4n) is 4.40. The summed E-state index contributed by atoms with van der Waals surface area (Å²) in [4.78, 5) is 15.7. The number of fused-ring (bicyclic) bond motifs is 4. The molecule has 0 amide bonds. The number of nitrogens with two attached hydrogens (primary N) is 1. The van der Waals surface area contributed by atoms with Crippen LogP contribution in [-0.2, 0) is 0 Å². The molecule has 2 heterocycles. The summed E-state index contributed by atoms with van der Waals surface area (Å²) in [6.07, 6.45) is 3.92. The van der Waals surface area contributed by atoms with Crippen LogP contribution in [0.4, 0.5) is 10.1 Å². The molecule has 2 aromatic heterocycles. The van der Waals surface area contributed by atoms with E-state index >= 15 is 0 Å². The highest BCUT2D eigenvalue weighted by Crippen LogP contribution is 2.46. The van der Waals surface area contributed by atoms with Gasteiger partial charge in [-0.1, -0.05) is 12.1 Å². The van der Waals surface area contributed by atoms with Crippen molar-refractivity contribution in [3.8, 4) is 11.1 Å². The molecule has 5 aromatic rings. The Morgan fingerprint density at radius 2 is 1.90 bits per heavy atom. The molecule has 3 aromatic carbocycles.